The maximum Gasteiger partial charge on any atom is 0.433 e. The van der Waals surface area contributed by atoms with Crippen LogP contribution in [0.4, 0.5) is 13.2 Å². The van der Waals surface area contributed by atoms with Gasteiger partial charge in [0.15, 0.2) is 5.69 Å². The summed E-state index contributed by atoms with van der Waals surface area (Å²) in [6.45, 7) is 4.15. The molecule has 0 aliphatic carbocycles. The molecule has 0 saturated heterocycles. The molecule has 1 aromatic heterocycles. The molecule has 3 nitrogen and oxygen atoms in total. The summed E-state index contributed by atoms with van der Waals surface area (Å²) < 4.78 is 38.3. The third-order valence-corrected chi connectivity index (χ3v) is 2.49. The Labute approximate surface area is 91.1 Å². The minimum Gasteiger partial charge on any atom is -0.307 e. The molecule has 0 unspecified atom stereocenters. The number of alkyl halides is 3. The highest BCUT2D eigenvalue weighted by molar-refractivity contribution is 5.31. The topological polar surface area (TPSA) is 37.8 Å². The van der Waals surface area contributed by atoms with Crippen molar-refractivity contribution in [3.8, 4) is 0 Å². The van der Waals surface area contributed by atoms with Crippen molar-refractivity contribution in [3.63, 3.8) is 0 Å². The van der Waals surface area contributed by atoms with Gasteiger partial charge in [-0.05, 0) is 0 Å². The van der Waals surface area contributed by atoms with Crippen molar-refractivity contribution < 1.29 is 13.2 Å². The predicted octanol–water partition coefficient (Wildman–Crippen LogP) is 2.22. The second kappa shape index (κ2) is 3.69. The van der Waals surface area contributed by atoms with Crippen LogP contribution in [0.3, 0.4) is 0 Å². The van der Waals surface area contributed by atoms with Crippen LogP contribution in [0, 0.1) is 0 Å². The first kappa shape index (κ1) is 11.3. The van der Waals surface area contributed by atoms with Gasteiger partial charge in [-0.25, -0.2) is 9.97 Å². The molecule has 2 rings (SSSR count). The molecule has 6 heteroatoms. The fourth-order valence-corrected chi connectivity index (χ4v) is 1.68. The Bertz CT molecular complexity index is 413. The van der Waals surface area contributed by atoms with Crippen LogP contribution in [0.1, 0.15) is 42.5 Å². The summed E-state index contributed by atoms with van der Waals surface area (Å²) in [5, 5.41) is 2.86. The smallest absolute Gasteiger partial charge is 0.307 e. The van der Waals surface area contributed by atoms with Gasteiger partial charge in [0.2, 0.25) is 0 Å². The molecule has 0 radical (unpaired) electrons. The van der Waals surface area contributed by atoms with Crippen LogP contribution in [0.25, 0.3) is 0 Å². The largest absolute Gasteiger partial charge is 0.433 e. The van der Waals surface area contributed by atoms with E-state index in [0.29, 0.717) is 12.2 Å². The maximum atomic E-state index is 12.8. The van der Waals surface area contributed by atoms with Gasteiger partial charge in [-0.15, -0.1) is 0 Å². The molecule has 0 aromatic carbocycles. The lowest BCUT2D eigenvalue weighted by molar-refractivity contribution is -0.142. The quantitative estimate of drug-likeness (QED) is 0.805. The molecule has 1 aliphatic heterocycles. The van der Waals surface area contributed by atoms with Crippen molar-refractivity contribution in [3.05, 3.63) is 22.8 Å². The van der Waals surface area contributed by atoms with E-state index in [2.05, 4.69) is 15.3 Å². The van der Waals surface area contributed by atoms with Gasteiger partial charge >= 0.3 is 6.18 Å². The number of halogens is 3. The van der Waals surface area contributed by atoms with Gasteiger partial charge < -0.3 is 5.32 Å². The summed E-state index contributed by atoms with van der Waals surface area (Å²) in [5.41, 5.74) is -0.117. The monoisotopic (exact) mass is 231 g/mol. The van der Waals surface area contributed by atoms with E-state index in [1.54, 1.807) is 13.8 Å². The summed E-state index contributed by atoms with van der Waals surface area (Å²) in [6, 6.07) is 0. The van der Waals surface area contributed by atoms with Crippen molar-refractivity contribution in [1.29, 1.82) is 0 Å². The summed E-state index contributed by atoms with van der Waals surface area (Å²) in [5.74, 6) is 0.154. The van der Waals surface area contributed by atoms with E-state index in [4.69, 9.17) is 0 Å². The average molecular weight is 231 g/mol. The van der Waals surface area contributed by atoms with E-state index in [-0.39, 0.29) is 23.9 Å². The molecule has 88 valence electrons. The molecule has 0 bridgehead atoms. The molecule has 2 heterocycles. The molecule has 1 aliphatic rings. The van der Waals surface area contributed by atoms with Gasteiger partial charge in [-0.3, -0.25) is 0 Å². The molecule has 1 aromatic rings. The first-order valence-electron chi connectivity index (χ1n) is 5.07. The molecule has 16 heavy (non-hydrogen) atoms. The Morgan fingerprint density at radius 3 is 2.44 bits per heavy atom. The zero-order valence-corrected chi connectivity index (χ0v) is 9.02. The third-order valence-electron chi connectivity index (χ3n) is 2.49. The van der Waals surface area contributed by atoms with Crippen molar-refractivity contribution in [2.45, 2.75) is 39.0 Å². The lowest BCUT2D eigenvalue weighted by atomic mass is 10.1. The standard InChI is InChI=1S/C10H12F3N3/c1-5(2)9-15-7-4-14-3-6(7)8(16-9)10(11,12)13/h5,14H,3-4H2,1-2H3. The molecular weight excluding hydrogens is 219 g/mol. The highest BCUT2D eigenvalue weighted by atomic mass is 19.4. The molecule has 0 fully saturated rings. The third kappa shape index (κ3) is 1.89. The van der Waals surface area contributed by atoms with Gasteiger partial charge in [0.1, 0.15) is 5.82 Å². The number of nitrogens with zero attached hydrogens (tertiary/aromatic N) is 2. The fraction of sp³-hybridized carbons (Fsp3) is 0.600. The molecule has 1 N–H and O–H groups in total. The second-order valence-electron chi connectivity index (χ2n) is 4.11. The lowest BCUT2D eigenvalue weighted by Gasteiger charge is -2.13. The first-order valence-corrected chi connectivity index (χ1v) is 5.07. The van der Waals surface area contributed by atoms with Gasteiger partial charge in [0.05, 0.1) is 5.69 Å². The van der Waals surface area contributed by atoms with Gasteiger partial charge in [0, 0.05) is 24.6 Å². The Morgan fingerprint density at radius 1 is 1.19 bits per heavy atom. The van der Waals surface area contributed by atoms with Crippen molar-refractivity contribution in [2.75, 3.05) is 0 Å². The Balaban J connectivity index is 2.58. The Morgan fingerprint density at radius 2 is 1.88 bits per heavy atom. The minimum atomic E-state index is -4.40. The summed E-state index contributed by atoms with van der Waals surface area (Å²) in [4.78, 5) is 7.79. The number of fused-ring (bicyclic) bond motifs is 1. The van der Waals surface area contributed by atoms with Crippen molar-refractivity contribution in [1.82, 2.24) is 15.3 Å². The number of hydrogen-bond donors (Lipinski definition) is 1. The van der Waals surface area contributed by atoms with E-state index >= 15 is 0 Å². The summed E-state index contributed by atoms with van der Waals surface area (Å²) in [6.07, 6.45) is -4.40. The first-order chi connectivity index (χ1) is 7.39. The van der Waals surface area contributed by atoms with Crippen molar-refractivity contribution in [2.24, 2.45) is 0 Å². The van der Waals surface area contributed by atoms with Crippen molar-refractivity contribution >= 4 is 0 Å². The molecule has 0 spiro atoms. The summed E-state index contributed by atoms with van der Waals surface area (Å²) in [7, 11) is 0. The van der Waals surface area contributed by atoms with E-state index in [0.717, 1.165) is 0 Å². The van der Waals surface area contributed by atoms with Gasteiger partial charge in [-0.2, -0.15) is 13.2 Å². The van der Waals surface area contributed by atoms with Crippen LogP contribution >= 0.6 is 0 Å². The van der Waals surface area contributed by atoms with Crippen LogP contribution in [-0.2, 0) is 19.3 Å². The zero-order chi connectivity index (χ0) is 11.9. The highest BCUT2D eigenvalue weighted by Crippen LogP contribution is 2.33. The number of rotatable bonds is 1. The van der Waals surface area contributed by atoms with E-state index in [1.807, 2.05) is 0 Å². The van der Waals surface area contributed by atoms with Crippen LogP contribution in [-0.4, -0.2) is 9.97 Å². The van der Waals surface area contributed by atoms with Crippen LogP contribution in [0.15, 0.2) is 0 Å². The van der Waals surface area contributed by atoms with Crippen LogP contribution in [0.2, 0.25) is 0 Å². The second-order valence-corrected chi connectivity index (χ2v) is 4.11. The van der Waals surface area contributed by atoms with E-state index in [9.17, 15) is 13.2 Å². The lowest BCUT2D eigenvalue weighted by Crippen LogP contribution is -2.16. The number of nitrogens with one attached hydrogen (secondary N) is 1. The van der Waals surface area contributed by atoms with Crippen LogP contribution < -0.4 is 5.32 Å². The Hall–Kier alpha value is -1.17. The zero-order valence-electron chi connectivity index (χ0n) is 9.02. The molecular formula is C10H12F3N3. The predicted molar refractivity (Wildman–Crippen MR) is 51.7 cm³/mol. The molecule has 0 atom stereocenters. The van der Waals surface area contributed by atoms with Gasteiger partial charge in [0.25, 0.3) is 0 Å². The van der Waals surface area contributed by atoms with Crippen LogP contribution in [0.5, 0.6) is 0 Å². The maximum absolute atomic E-state index is 12.8. The van der Waals surface area contributed by atoms with E-state index < -0.39 is 11.9 Å². The molecule has 0 saturated carbocycles. The number of hydrogen-bond acceptors (Lipinski definition) is 3. The Kier molecular flexibility index (Phi) is 2.61. The minimum absolute atomic E-state index is 0.105. The molecule has 0 amide bonds. The fourth-order valence-electron chi connectivity index (χ4n) is 1.68. The van der Waals surface area contributed by atoms with Gasteiger partial charge in [-0.1, -0.05) is 13.8 Å². The average Bonchev–Trinajstić information content (AvgIpc) is 2.61. The number of aromatic nitrogens is 2. The summed E-state index contributed by atoms with van der Waals surface area (Å²) >= 11 is 0. The highest BCUT2D eigenvalue weighted by Gasteiger charge is 2.38. The normalized spacial score (nSPS) is 15.6. The van der Waals surface area contributed by atoms with E-state index in [1.165, 1.54) is 0 Å². The SMILES string of the molecule is CC(C)c1nc2c(c(C(F)(F)F)n1)CNC2.